The van der Waals surface area contributed by atoms with E-state index in [0.29, 0.717) is 10.0 Å². The van der Waals surface area contributed by atoms with Crippen LogP contribution in [0.1, 0.15) is 18.2 Å². The highest BCUT2D eigenvalue weighted by Gasteiger charge is 2.11. The van der Waals surface area contributed by atoms with E-state index >= 15 is 0 Å². The molecule has 1 N–H and O–H groups in total. The van der Waals surface area contributed by atoms with Crippen molar-refractivity contribution in [3.63, 3.8) is 0 Å². The molecule has 0 aliphatic rings. The van der Waals surface area contributed by atoms with E-state index in [1.54, 1.807) is 6.07 Å². The maximum atomic E-state index is 6.02. The zero-order valence-corrected chi connectivity index (χ0v) is 12.2. The lowest BCUT2D eigenvalue weighted by Gasteiger charge is -2.04. The molecule has 6 heteroatoms. The molecule has 1 aromatic carbocycles. The summed E-state index contributed by atoms with van der Waals surface area (Å²) >= 11 is 13.3. The lowest BCUT2D eigenvalue weighted by atomic mass is 10.1. The van der Waals surface area contributed by atoms with E-state index in [4.69, 9.17) is 23.2 Å². The lowest BCUT2D eigenvalue weighted by molar-refractivity contribution is 0.681. The molecule has 0 bridgehead atoms. The Labute approximate surface area is 120 Å². The highest BCUT2D eigenvalue weighted by Crippen LogP contribution is 2.30. The van der Waals surface area contributed by atoms with Gasteiger partial charge >= 0.3 is 0 Å². The zero-order valence-electron chi connectivity index (χ0n) is 9.91. The van der Waals surface area contributed by atoms with Crippen molar-refractivity contribution in [3.8, 4) is 11.3 Å². The smallest absolute Gasteiger partial charge is 0.110 e. The highest BCUT2D eigenvalue weighted by atomic mass is 35.5. The maximum absolute atomic E-state index is 6.02. The summed E-state index contributed by atoms with van der Waals surface area (Å²) < 4.78 is 4.00. The van der Waals surface area contributed by atoms with Gasteiger partial charge < -0.3 is 5.32 Å². The van der Waals surface area contributed by atoms with Crippen molar-refractivity contribution in [2.45, 2.75) is 19.9 Å². The number of hydrogen-bond donors (Lipinski definition) is 1. The Hall–Kier alpha value is -0.680. The monoisotopic (exact) mass is 301 g/mol. The van der Waals surface area contributed by atoms with E-state index in [1.165, 1.54) is 11.5 Å². The molecule has 0 aliphatic heterocycles. The molecule has 0 radical (unpaired) electrons. The molecule has 3 nitrogen and oxygen atoms in total. The van der Waals surface area contributed by atoms with Gasteiger partial charge in [0, 0.05) is 12.1 Å². The Morgan fingerprint density at radius 3 is 2.83 bits per heavy atom. The topological polar surface area (TPSA) is 37.8 Å². The van der Waals surface area contributed by atoms with Gasteiger partial charge in [-0.05, 0) is 36.6 Å². The predicted molar refractivity (Wildman–Crippen MR) is 77.4 cm³/mol. The number of hydrogen-bond acceptors (Lipinski definition) is 4. The van der Waals surface area contributed by atoms with Crippen LogP contribution in [0.3, 0.4) is 0 Å². The molecule has 0 amide bonds. The molecular formula is C12H13Cl2N3S. The van der Waals surface area contributed by atoms with E-state index in [9.17, 15) is 0 Å². The molecule has 0 atom stereocenters. The second kappa shape index (κ2) is 6.48. The van der Waals surface area contributed by atoms with Crippen molar-refractivity contribution in [1.29, 1.82) is 0 Å². The summed E-state index contributed by atoms with van der Waals surface area (Å²) in [6, 6.07) is 5.51. The fourth-order valence-electron chi connectivity index (χ4n) is 1.57. The van der Waals surface area contributed by atoms with Crippen molar-refractivity contribution in [2.24, 2.45) is 0 Å². The van der Waals surface area contributed by atoms with Gasteiger partial charge in [-0.15, -0.1) is 5.10 Å². The Bertz CT molecular complexity index is 528. The summed E-state index contributed by atoms with van der Waals surface area (Å²) in [6.45, 7) is 3.90. The molecule has 2 aromatic rings. The minimum absolute atomic E-state index is 0.537. The third-order valence-electron chi connectivity index (χ3n) is 2.46. The maximum Gasteiger partial charge on any atom is 0.110 e. The third-order valence-corrected chi connectivity index (χ3v) is 3.92. The van der Waals surface area contributed by atoms with Crippen LogP contribution in [-0.2, 0) is 6.54 Å². The average molecular weight is 302 g/mol. The van der Waals surface area contributed by atoms with E-state index in [0.717, 1.165) is 35.6 Å². The van der Waals surface area contributed by atoms with E-state index < -0.39 is 0 Å². The van der Waals surface area contributed by atoms with Gasteiger partial charge in [-0.25, -0.2) is 0 Å². The van der Waals surface area contributed by atoms with E-state index in [2.05, 4.69) is 21.8 Å². The number of nitrogens with zero attached hydrogens (tertiary/aromatic N) is 2. The largest absolute Gasteiger partial charge is 0.312 e. The summed E-state index contributed by atoms with van der Waals surface area (Å²) in [5.41, 5.74) is 1.83. The van der Waals surface area contributed by atoms with Gasteiger partial charge in [-0.1, -0.05) is 40.7 Å². The molecule has 0 aliphatic carbocycles. The van der Waals surface area contributed by atoms with Crippen molar-refractivity contribution >= 4 is 34.7 Å². The molecular weight excluding hydrogens is 289 g/mol. The Morgan fingerprint density at radius 2 is 2.11 bits per heavy atom. The molecule has 1 heterocycles. The first-order chi connectivity index (χ1) is 8.72. The minimum atomic E-state index is 0.537. The number of aromatic nitrogens is 2. The van der Waals surface area contributed by atoms with Crippen LogP contribution in [0.5, 0.6) is 0 Å². The fraction of sp³-hybridized carbons (Fsp3) is 0.333. The standard InChI is InChI=1S/C12H13Cl2N3S/c1-2-5-15-7-11-12(16-17-18-11)8-3-4-9(13)10(14)6-8/h3-4,6,15H,2,5,7H2,1H3. The van der Waals surface area contributed by atoms with Gasteiger partial charge in [-0.3, -0.25) is 0 Å². The van der Waals surface area contributed by atoms with E-state index in [1.807, 2.05) is 12.1 Å². The van der Waals surface area contributed by atoms with Crippen LogP contribution in [0.25, 0.3) is 11.3 Å². The van der Waals surface area contributed by atoms with E-state index in [-0.39, 0.29) is 0 Å². The summed E-state index contributed by atoms with van der Waals surface area (Å²) in [5, 5.41) is 8.59. The summed E-state index contributed by atoms with van der Waals surface area (Å²) in [4.78, 5) is 1.11. The molecule has 0 unspecified atom stereocenters. The van der Waals surface area contributed by atoms with Crippen molar-refractivity contribution in [1.82, 2.24) is 14.9 Å². The van der Waals surface area contributed by atoms with Crippen LogP contribution < -0.4 is 5.32 Å². The third kappa shape index (κ3) is 3.20. The second-order valence-electron chi connectivity index (χ2n) is 3.85. The van der Waals surface area contributed by atoms with Crippen LogP contribution in [0, 0.1) is 0 Å². The van der Waals surface area contributed by atoms with Crippen LogP contribution in [0.4, 0.5) is 0 Å². The van der Waals surface area contributed by atoms with Gasteiger partial charge in [0.05, 0.1) is 14.9 Å². The second-order valence-corrected chi connectivity index (χ2v) is 5.50. The van der Waals surface area contributed by atoms with Crippen molar-refractivity contribution in [3.05, 3.63) is 33.1 Å². The molecule has 0 saturated heterocycles. The van der Waals surface area contributed by atoms with Crippen molar-refractivity contribution in [2.75, 3.05) is 6.54 Å². The average Bonchev–Trinajstić information content (AvgIpc) is 2.81. The molecule has 2 rings (SSSR count). The number of halogens is 2. The summed E-state index contributed by atoms with van der Waals surface area (Å²) in [7, 11) is 0. The quantitative estimate of drug-likeness (QED) is 0.848. The molecule has 18 heavy (non-hydrogen) atoms. The van der Waals surface area contributed by atoms with Crippen molar-refractivity contribution < 1.29 is 0 Å². The van der Waals surface area contributed by atoms with Gasteiger partial charge in [-0.2, -0.15) is 0 Å². The minimum Gasteiger partial charge on any atom is -0.312 e. The Balaban J connectivity index is 2.22. The molecule has 1 aromatic heterocycles. The Morgan fingerprint density at radius 1 is 1.28 bits per heavy atom. The molecule has 96 valence electrons. The first-order valence-corrected chi connectivity index (χ1v) is 7.22. The van der Waals surface area contributed by atoms with Crippen LogP contribution >= 0.6 is 34.7 Å². The molecule has 0 fully saturated rings. The first-order valence-electron chi connectivity index (χ1n) is 5.69. The predicted octanol–water partition coefficient (Wildman–Crippen LogP) is 4.01. The SMILES string of the molecule is CCCNCc1snnc1-c1ccc(Cl)c(Cl)c1. The number of rotatable bonds is 5. The normalized spacial score (nSPS) is 10.8. The lowest BCUT2D eigenvalue weighted by Crippen LogP contribution is -2.13. The van der Waals surface area contributed by atoms with Gasteiger partial charge in [0.15, 0.2) is 0 Å². The summed E-state index contributed by atoms with van der Waals surface area (Å²) in [5.74, 6) is 0. The molecule has 0 spiro atoms. The molecule has 0 saturated carbocycles. The number of nitrogens with one attached hydrogen (secondary N) is 1. The highest BCUT2D eigenvalue weighted by molar-refractivity contribution is 7.05. The van der Waals surface area contributed by atoms with Gasteiger partial charge in [0.2, 0.25) is 0 Å². The van der Waals surface area contributed by atoms with Gasteiger partial charge in [0.1, 0.15) is 5.69 Å². The first kappa shape index (κ1) is 13.7. The summed E-state index contributed by atoms with van der Waals surface area (Å²) in [6.07, 6.45) is 1.11. The number of benzene rings is 1. The van der Waals surface area contributed by atoms with Crippen LogP contribution in [-0.4, -0.2) is 16.1 Å². The fourth-order valence-corrected chi connectivity index (χ4v) is 2.50. The Kier molecular flexibility index (Phi) is 4.95. The van der Waals surface area contributed by atoms with Crippen LogP contribution in [0.2, 0.25) is 10.0 Å². The zero-order chi connectivity index (χ0) is 13.0. The van der Waals surface area contributed by atoms with Gasteiger partial charge in [0.25, 0.3) is 0 Å². The van der Waals surface area contributed by atoms with Crippen LogP contribution in [0.15, 0.2) is 18.2 Å².